The van der Waals surface area contributed by atoms with Crippen LogP contribution < -0.4 is 45.3 Å². The number of carbonyl (C=O) groups is 2. The minimum atomic E-state index is -2.10. The number of hydrogen-bond donors (Lipinski definition) is 8. The van der Waals surface area contributed by atoms with Crippen molar-refractivity contribution in [2.75, 3.05) is 0 Å². The van der Waals surface area contributed by atoms with E-state index in [2.05, 4.69) is 0 Å². The number of primary amides is 2. The molecule has 0 atom stereocenters. The van der Waals surface area contributed by atoms with Crippen molar-refractivity contribution in [3.8, 4) is 0 Å². The zero-order chi connectivity index (χ0) is 11.6. The van der Waals surface area contributed by atoms with Crippen LogP contribution >= 0.6 is 0 Å². The molecule has 0 aromatic heterocycles. The van der Waals surface area contributed by atoms with Gasteiger partial charge in [0, 0.05) is 0 Å². The maximum atomic E-state index is 10.6. The van der Waals surface area contributed by atoms with Crippen molar-refractivity contribution < 1.29 is 9.59 Å². The largest absolute Gasteiger partial charge is 0.366 e. The Bertz CT molecular complexity index is 222. The summed E-state index contributed by atoms with van der Waals surface area (Å²) >= 11 is 0. The Labute approximate surface area is 79.3 Å². The Morgan fingerprint density at radius 3 is 1.14 bits per heavy atom. The molecule has 0 unspecified atom stereocenters. The van der Waals surface area contributed by atoms with Gasteiger partial charge in [-0.2, -0.15) is 0 Å². The lowest BCUT2D eigenvalue weighted by molar-refractivity contribution is -0.128. The molecule has 2 amide bonds. The summed E-state index contributed by atoms with van der Waals surface area (Å²) in [7, 11) is 0. The lowest BCUT2D eigenvalue weighted by Gasteiger charge is -2.28. The smallest absolute Gasteiger partial charge is 0.269 e. The zero-order valence-corrected chi connectivity index (χ0v) is 7.28. The minimum absolute atomic E-state index is 1.08. The van der Waals surface area contributed by atoms with Crippen molar-refractivity contribution in [3.05, 3.63) is 0 Å². The molecular formula is C4H14N8O2. The lowest BCUT2D eigenvalue weighted by atomic mass is 10.3. The predicted molar refractivity (Wildman–Crippen MR) is 46.9 cm³/mol. The molecule has 10 heteroatoms. The average molecular weight is 206 g/mol. The van der Waals surface area contributed by atoms with E-state index in [4.69, 9.17) is 34.4 Å². The summed E-state index contributed by atoms with van der Waals surface area (Å²) in [5.41, 5.74) is 34.0. The molecule has 0 rings (SSSR count). The molecule has 10 nitrogen and oxygen atoms in total. The quantitative estimate of drug-likeness (QED) is 0.160. The first-order chi connectivity index (χ1) is 6.09. The summed E-state index contributed by atoms with van der Waals surface area (Å²) in [6, 6.07) is 0. The van der Waals surface area contributed by atoms with Crippen molar-refractivity contribution in [1.82, 2.24) is 10.9 Å². The number of hydrazine groups is 1. The van der Waals surface area contributed by atoms with Crippen LogP contribution in [0.3, 0.4) is 0 Å². The molecule has 0 saturated heterocycles. The minimum Gasteiger partial charge on any atom is -0.366 e. The Kier molecular flexibility index (Phi) is 3.47. The Hall–Kier alpha value is -1.30. The molecule has 0 aliphatic carbocycles. The molecule has 0 spiro atoms. The first-order valence-electron chi connectivity index (χ1n) is 3.39. The van der Waals surface area contributed by atoms with Crippen molar-refractivity contribution in [3.63, 3.8) is 0 Å². The summed E-state index contributed by atoms with van der Waals surface area (Å²) in [4.78, 5) is 21.2. The molecule has 14 heavy (non-hydrogen) atoms. The Morgan fingerprint density at radius 1 is 0.786 bits per heavy atom. The van der Waals surface area contributed by atoms with Gasteiger partial charge in [0.25, 0.3) is 11.8 Å². The maximum absolute atomic E-state index is 10.6. The van der Waals surface area contributed by atoms with Crippen LogP contribution in [0.5, 0.6) is 0 Å². The first-order valence-corrected chi connectivity index (χ1v) is 3.39. The third kappa shape index (κ3) is 3.21. The van der Waals surface area contributed by atoms with Gasteiger partial charge in [-0.15, -0.1) is 0 Å². The van der Waals surface area contributed by atoms with Gasteiger partial charge >= 0.3 is 0 Å². The molecular weight excluding hydrogens is 192 g/mol. The number of amides is 2. The maximum Gasteiger partial charge on any atom is 0.269 e. The first kappa shape index (κ1) is 12.7. The van der Waals surface area contributed by atoms with Crippen LogP contribution in [0.1, 0.15) is 0 Å². The molecule has 0 heterocycles. The second-order valence-corrected chi connectivity index (χ2v) is 2.72. The lowest BCUT2D eigenvalue weighted by Crippen LogP contribution is -2.80. The van der Waals surface area contributed by atoms with E-state index in [1.54, 1.807) is 0 Å². The highest BCUT2D eigenvalue weighted by molar-refractivity contribution is 5.84. The van der Waals surface area contributed by atoms with Gasteiger partial charge in [-0.25, -0.2) is 10.9 Å². The van der Waals surface area contributed by atoms with Crippen LogP contribution in [0.15, 0.2) is 0 Å². The SMILES string of the molecule is NC(=O)C(N)(N)NNC(N)(N)C(N)=O. The van der Waals surface area contributed by atoms with Gasteiger partial charge in [0.05, 0.1) is 0 Å². The molecule has 0 saturated carbocycles. The zero-order valence-electron chi connectivity index (χ0n) is 7.28. The Morgan fingerprint density at radius 2 is 1.00 bits per heavy atom. The summed E-state index contributed by atoms with van der Waals surface area (Å²) in [6.07, 6.45) is 0. The molecule has 14 N–H and O–H groups in total. The van der Waals surface area contributed by atoms with Gasteiger partial charge in [0.1, 0.15) is 0 Å². The fraction of sp³-hybridized carbons (Fsp3) is 0.500. The van der Waals surface area contributed by atoms with Crippen LogP contribution in [-0.2, 0) is 9.59 Å². The molecule has 0 fully saturated rings. The summed E-state index contributed by atoms with van der Waals surface area (Å²) in [6.45, 7) is 0. The summed E-state index contributed by atoms with van der Waals surface area (Å²) < 4.78 is 0. The van der Waals surface area contributed by atoms with Crippen molar-refractivity contribution in [2.45, 2.75) is 11.6 Å². The highest BCUT2D eigenvalue weighted by Crippen LogP contribution is 1.83. The second-order valence-electron chi connectivity index (χ2n) is 2.72. The number of nitrogens with one attached hydrogen (secondary N) is 2. The molecule has 0 radical (unpaired) electrons. The summed E-state index contributed by atoms with van der Waals surface area (Å²) in [5, 5.41) is 0. The van der Waals surface area contributed by atoms with Gasteiger partial charge in [-0.3, -0.25) is 32.5 Å². The van der Waals surface area contributed by atoms with Crippen molar-refractivity contribution in [1.29, 1.82) is 0 Å². The molecule has 0 aromatic rings. The average Bonchev–Trinajstić information content (AvgIpc) is 2.01. The van der Waals surface area contributed by atoms with Crippen LogP contribution in [0.25, 0.3) is 0 Å². The standard InChI is InChI=1S/C4H14N8O2/c5-1(13)3(7,8)11-12-4(9,10)2(6)14/h11-12H,7-10H2,(H2,5,13)(H2,6,14). The highest BCUT2D eigenvalue weighted by atomic mass is 16.2. The topological polar surface area (TPSA) is 214 Å². The van der Waals surface area contributed by atoms with E-state index in [0.29, 0.717) is 0 Å². The van der Waals surface area contributed by atoms with Crippen molar-refractivity contribution >= 4 is 11.8 Å². The molecule has 0 aliphatic rings. The van der Waals surface area contributed by atoms with E-state index in [9.17, 15) is 9.59 Å². The third-order valence-corrected chi connectivity index (χ3v) is 1.29. The molecule has 0 bridgehead atoms. The third-order valence-electron chi connectivity index (χ3n) is 1.29. The van der Waals surface area contributed by atoms with E-state index in [-0.39, 0.29) is 0 Å². The second kappa shape index (κ2) is 3.83. The van der Waals surface area contributed by atoms with Gasteiger partial charge in [-0.1, -0.05) is 0 Å². The Balaban J connectivity index is 4.32. The van der Waals surface area contributed by atoms with Crippen LogP contribution in [0, 0.1) is 0 Å². The fourth-order valence-corrected chi connectivity index (χ4v) is 0.330. The molecule has 0 aliphatic heterocycles. The van der Waals surface area contributed by atoms with E-state index >= 15 is 0 Å². The van der Waals surface area contributed by atoms with Crippen molar-refractivity contribution in [2.24, 2.45) is 34.4 Å². The van der Waals surface area contributed by atoms with E-state index in [0.717, 1.165) is 0 Å². The molecule has 0 aromatic carbocycles. The fourth-order valence-electron chi connectivity index (χ4n) is 0.330. The van der Waals surface area contributed by atoms with E-state index in [1.165, 1.54) is 0 Å². The highest BCUT2D eigenvalue weighted by Gasteiger charge is 2.32. The van der Waals surface area contributed by atoms with Gasteiger partial charge in [0.2, 0.25) is 11.6 Å². The summed E-state index contributed by atoms with van der Waals surface area (Å²) in [5.74, 6) is -6.35. The van der Waals surface area contributed by atoms with Crippen LogP contribution in [-0.4, -0.2) is 23.4 Å². The number of carbonyl (C=O) groups excluding carboxylic acids is 2. The predicted octanol–water partition coefficient (Wildman–Crippen LogP) is -5.81. The van der Waals surface area contributed by atoms with Crippen LogP contribution in [0.2, 0.25) is 0 Å². The normalized spacial score (nSPS) is 12.6. The van der Waals surface area contributed by atoms with E-state index in [1.807, 2.05) is 10.9 Å². The number of hydrogen-bond acceptors (Lipinski definition) is 8. The van der Waals surface area contributed by atoms with E-state index < -0.39 is 23.4 Å². The van der Waals surface area contributed by atoms with Gasteiger partial charge in [-0.05, 0) is 0 Å². The number of nitrogens with two attached hydrogens (primary N) is 6. The van der Waals surface area contributed by atoms with Gasteiger partial charge in [0.15, 0.2) is 0 Å². The monoisotopic (exact) mass is 206 g/mol. The number of rotatable bonds is 5. The van der Waals surface area contributed by atoms with Gasteiger partial charge < -0.3 is 11.5 Å². The molecule has 82 valence electrons. The van der Waals surface area contributed by atoms with Crippen LogP contribution in [0.4, 0.5) is 0 Å².